The number of ether oxygens (including phenoxy) is 1. The number of nitrogens with two attached hydrogens (primary N) is 1. The number of rotatable bonds is 3. The molecule has 1 aromatic carbocycles. The number of hydrogen-bond acceptors (Lipinski definition) is 3. The minimum atomic E-state index is -0.145. The molecule has 0 bridgehead atoms. The van der Waals surface area contributed by atoms with Crippen LogP contribution in [0, 0.1) is 6.92 Å². The van der Waals surface area contributed by atoms with Crippen LogP contribution in [0.2, 0.25) is 0 Å². The van der Waals surface area contributed by atoms with Gasteiger partial charge in [-0.15, -0.1) is 0 Å². The van der Waals surface area contributed by atoms with Crippen molar-refractivity contribution >= 4 is 0 Å². The van der Waals surface area contributed by atoms with Crippen LogP contribution in [-0.4, -0.2) is 12.1 Å². The highest BCUT2D eigenvalue weighted by molar-refractivity contribution is 5.35. The molecule has 1 heterocycles. The Balaban J connectivity index is 2.32. The van der Waals surface area contributed by atoms with Gasteiger partial charge in [-0.05, 0) is 24.1 Å². The topological polar surface area (TPSA) is 48.1 Å². The molecule has 0 saturated carbocycles. The van der Waals surface area contributed by atoms with Crippen molar-refractivity contribution in [3.63, 3.8) is 0 Å². The molecule has 0 aliphatic rings. The molecule has 0 aliphatic heterocycles. The second kappa shape index (κ2) is 4.97. The molecule has 0 aliphatic carbocycles. The highest BCUT2D eigenvalue weighted by Gasteiger charge is 2.10. The summed E-state index contributed by atoms with van der Waals surface area (Å²) in [6.45, 7) is 1.97. The second-order valence-corrected chi connectivity index (χ2v) is 3.98. The summed E-state index contributed by atoms with van der Waals surface area (Å²) in [5.41, 5.74) is 9.27. The molecule has 2 aromatic rings. The van der Waals surface area contributed by atoms with E-state index in [9.17, 15) is 0 Å². The first-order valence-corrected chi connectivity index (χ1v) is 5.53. The lowest BCUT2D eigenvalue weighted by Gasteiger charge is -2.13. The van der Waals surface area contributed by atoms with Gasteiger partial charge in [-0.3, -0.25) is 0 Å². The van der Waals surface area contributed by atoms with Gasteiger partial charge >= 0.3 is 0 Å². The van der Waals surface area contributed by atoms with Crippen molar-refractivity contribution < 1.29 is 4.74 Å². The molecule has 1 unspecified atom stereocenters. The maximum absolute atomic E-state index is 6.20. The van der Waals surface area contributed by atoms with E-state index < -0.39 is 0 Å². The van der Waals surface area contributed by atoms with E-state index in [2.05, 4.69) is 4.98 Å². The van der Waals surface area contributed by atoms with E-state index in [1.165, 1.54) is 0 Å². The van der Waals surface area contributed by atoms with E-state index in [1.54, 1.807) is 13.3 Å². The van der Waals surface area contributed by atoms with Gasteiger partial charge in [0.05, 0.1) is 13.2 Å². The maximum atomic E-state index is 6.20. The first-order valence-electron chi connectivity index (χ1n) is 5.53. The van der Waals surface area contributed by atoms with Crippen molar-refractivity contribution in [2.75, 3.05) is 7.11 Å². The number of aryl methyl sites for hydroxylation is 1. The zero-order chi connectivity index (χ0) is 12.3. The fourth-order valence-corrected chi connectivity index (χ4v) is 1.82. The van der Waals surface area contributed by atoms with E-state index >= 15 is 0 Å². The van der Waals surface area contributed by atoms with Crippen molar-refractivity contribution in [3.8, 4) is 5.88 Å². The third kappa shape index (κ3) is 2.45. The Labute approximate surface area is 101 Å². The average Bonchev–Trinajstić information content (AvgIpc) is 2.39. The van der Waals surface area contributed by atoms with Gasteiger partial charge in [0, 0.05) is 11.8 Å². The van der Waals surface area contributed by atoms with Crippen LogP contribution in [0.5, 0.6) is 5.88 Å². The first kappa shape index (κ1) is 11.6. The van der Waals surface area contributed by atoms with Crippen molar-refractivity contribution in [3.05, 3.63) is 59.3 Å². The lowest BCUT2D eigenvalue weighted by Crippen LogP contribution is -2.12. The van der Waals surface area contributed by atoms with Crippen LogP contribution in [0.15, 0.2) is 42.6 Å². The summed E-state index contributed by atoms with van der Waals surface area (Å²) in [6, 6.07) is 11.9. The molecule has 0 spiro atoms. The van der Waals surface area contributed by atoms with Crippen molar-refractivity contribution in [1.82, 2.24) is 4.98 Å². The van der Waals surface area contributed by atoms with E-state index in [-0.39, 0.29) is 6.04 Å². The highest BCUT2D eigenvalue weighted by Crippen LogP contribution is 2.22. The molecule has 2 rings (SSSR count). The lowest BCUT2D eigenvalue weighted by atomic mass is 10.0. The third-order valence-electron chi connectivity index (χ3n) is 2.76. The minimum absolute atomic E-state index is 0.145. The molecule has 0 amide bonds. The molecule has 0 radical (unpaired) electrons. The largest absolute Gasteiger partial charge is 0.481 e. The van der Waals surface area contributed by atoms with Gasteiger partial charge in [0.1, 0.15) is 0 Å². The van der Waals surface area contributed by atoms with E-state index in [0.717, 1.165) is 16.7 Å². The summed E-state index contributed by atoms with van der Waals surface area (Å²) < 4.78 is 5.13. The number of pyridine rings is 1. The van der Waals surface area contributed by atoms with Gasteiger partial charge in [-0.1, -0.05) is 30.3 Å². The summed E-state index contributed by atoms with van der Waals surface area (Å²) in [6.07, 6.45) is 1.77. The first-order chi connectivity index (χ1) is 8.22. The van der Waals surface area contributed by atoms with Gasteiger partial charge in [-0.2, -0.15) is 0 Å². The molecule has 2 N–H and O–H groups in total. The summed E-state index contributed by atoms with van der Waals surface area (Å²) in [4.78, 5) is 4.24. The van der Waals surface area contributed by atoms with E-state index in [1.807, 2.05) is 43.3 Å². The normalized spacial score (nSPS) is 12.2. The molecule has 0 saturated heterocycles. The Morgan fingerprint density at radius 1 is 1.18 bits per heavy atom. The third-order valence-corrected chi connectivity index (χ3v) is 2.76. The van der Waals surface area contributed by atoms with Crippen LogP contribution in [-0.2, 0) is 0 Å². The number of methoxy groups -OCH3 is 1. The summed E-state index contributed by atoms with van der Waals surface area (Å²) in [5.74, 6) is 0.647. The Morgan fingerprint density at radius 2 is 1.88 bits per heavy atom. The second-order valence-electron chi connectivity index (χ2n) is 3.98. The van der Waals surface area contributed by atoms with Crippen LogP contribution < -0.4 is 10.5 Å². The average molecular weight is 228 g/mol. The number of benzene rings is 1. The zero-order valence-electron chi connectivity index (χ0n) is 10.1. The summed E-state index contributed by atoms with van der Waals surface area (Å²) in [7, 11) is 1.62. The predicted octanol–water partition coefficient (Wildman–Crippen LogP) is 2.45. The van der Waals surface area contributed by atoms with Crippen molar-refractivity contribution in [2.45, 2.75) is 13.0 Å². The number of hydrogen-bond donors (Lipinski definition) is 1. The Kier molecular flexibility index (Phi) is 3.40. The molecule has 0 fully saturated rings. The zero-order valence-corrected chi connectivity index (χ0v) is 10.1. The molecule has 1 atom stereocenters. The van der Waals surface area contributed by atoms with E-state index in [4.69, 9.17) is 10.5 Å². The molecule has 3 heteroatoms. The van der Waals surface area contributed by atoms with Gasteiger partial charge in [0.15, 0.2) is 0 Å². The highest BCUT2D eigenvalue weighted by atomic mass is 16.5. The van der Waals surface area contributed by atoms with Gasteiger partial charge in [0.2, 0.25) is 5.88 Å². The van der Waals surface area contributed by atoms with Crippen molar-refractivity contribution in [1.29, 1.82) is 0 Å². The molecule has 1 aromatic heterocycles. The standard InChI is InChI=1S/C14H16N2O/c1-10-8-12(9-16-14(10)17-2)13(15)11-6-4-3-5-7-11/h3-9,13H,15H2,1-2H3. The Hall–Kier alpha value is -1.87. The molecule has 88 valence electrons. The maximum Gasteiger partial charge on any atom is 0.215 e. The quantitative estimate of drug-likeness (QED) is 0.877. The van der Waals surface area contributed by atoms with E-state index in [0.29, 0.717) is 5.88 Å². The van der Waals surface area contributed by atoms with Crippen LogP contribution in [0.25, 0.3) is 0 Å². The fraction of sp³-hybridized carbons (Fsp3) is 0.214. The number of aromatic nitrogens is 1. The van der Waals surface area contributed by atoms with Gasteiger partial charge in [-0.25, -0.2) is 4.98 Å². The van der Waals surface area contributed by atoms with Gasteiger partial charge in [0.25, 0.3) is 0 Å². The molecule has 17 heavy (non-hydrogen) atoms. The Morgan fingerprint density at radius 3 is 2.47 bits per heavy atom. The summed E-state index contributed by atoms with van der Waals surface area (Å²) >= 11 is 0. The minimum Gasteiger partial charge on any atom is -0.481 e. The molecular formula is C14H16N2O. The SMILES string of the molecule is COc1ncc(C(N)c2ccccc2)cc1C. The van der Waals surface area contributed by atoms with Crippen LogP contribution in [0.4, 0.5) is 0 Å². The molecular weight excluding hydrogens is 212 g/mol. The fourth-order valence-electron chi connectivity index (χ4n) is 1.82. The van der Waals surface area contributed by atoms with Crippen LogP contribution >= 0.6 is 0 Å². The van der Waals surface area contributed by atoms with Crippen molar-refractivity contribution in [2.24, 2.45) is 5.73 Å². The molecule has 3 nitrogen and oxygen atoms in total. The van der Waals surface area contributed by atoms with Gasteiger partial charge < -0.3 is 10.5 Å². The van der Waals surface area contributed by atoms with Crippen LogP contribution in [0.1, 0.15) is 22.7 Å². The smallest absolute Gasteiger partial charge is 0.215 e. The lowest BCUT2D eigenvalue weighted by molar-refractivity contribution is 0.394. The predicted molar refractivity (Wildman–Crippen MR) is 68.0 cm³/mol. The summed E-state index contributed by atoms with van der Waals surface area (Å²) in [5, 5.41) is 0. The van der Waals surface area contributed by atoms with Crippen LogP contribution in [0.3, 0.4) is 0 Å². The number of nitrogens with zero attached hydrogens (tertiary/aromatic N) is 1. The Bertz CT molecular complexity index is 497. The monoisotopic (exact) mass is 228 g/mol.